The van der Waals surface area contributed by atoms with Gasteiger partial charge in [-0.15, -0.1) is 0 Å². The Morgan fingerprint density at radius 2 is 1.67 bits per heavy atom. The lowest BCUT2D eigenvalue weighted by atomic mass is 9.90. The van der Waals surface area contributed by atoms with Crippen LogP contribution in [0.2, 0.25) is 0 Å². The molecule has 5 nitrogen and oxygen atoms in total. The first-order valence-electron chi connectivity index (χ1n) is 9.33. The minimum atomic E-state index is -0.705. The smallest absolute Gasteiger partial charge is 0.326 e. The van der Waals surface area contributed by atoms with E-state index in [9.17, 15) is 14.0 Å². The number of hydrogen-bond acceptors (Lipinski definition) is 2. The van der Waals surface area contributed by atoms with Crippen molar-refractivity contribution < 1.29 is 18.9 Å². The van der Waals surface area contributed by atoms with Crippen LogP contribution in [0, 0.1) is 11.7 Å². The van der Waals surface area contributed by atoms with Crippen LogP contribution in [0.25, 0.3) is 0 Å². The lowest BCUT2D eigenvalue weighted by Gasteiger charge is -2.28. The van der Waals surface area contributed by atoms with Crippen molar-refractivity contribution in [2.75, 3.05) is 25.0 Å². The topological polar surface area (TPSA) is 62.6 Å². The van der Waals surface area contributed by atoms with Crippen molar-refractivity contribution in [3.05, 3.63) is 66.0 Å². The van der Waals surface area contributed by atoms with E-state index in [0.29, 0.717) is 5.92 Å². The van der Waals surface area contributed by atoms with E-state index in [-0.39, 0.29) is 18.1 Å². The lowest BCUT2D eigenvalue weighted by molar-refractivity contribution is -0.898. The van der Waals surface area contributed by atoms with Gasteiger partial charge in [0.25, 0.3) is 5.91 Å². The van der Waals surface area contributed by atoms with Crippen LogP contribution in [0.15, 0.2) is 54.6 Å². The summed E-state index contributed by atoms with van der Waals surface area (Å²) in [6, 6.07) is 15.6. The molecule has 1 heterocycles. The molecule has 142 valence electrons. The average Bonchev–Trinajstić information content (AvgIpc) is 2.66. The molecule has 6 heteroatoms. The fourth-order valence-corrected chi connectivity index (χ4v) is 3.53. The monoisotopic (exact) mass is 370 g/mol. The average molecular weight is 370 g/mol. The Labute approximate surface area is 158 Å². The molecule has 0 unspecified atom stereocenters. The number of likely N-dealkylation sites (tertiary alicyclic amines) is 1. The molecule has 27 heavy (non-hydrogen) atoms. The summed E-state index contributed by atoms with van der Waals surface area (Å²) >= 11 is 0. The van der Waals surface area contributed by atoms with Gasteiger partial charge in [0.2, 0.25) is 0 Å². The zero-order chi connectivity index (χ0) is 19.1. The Morgan fingerprint density at radius 3 is 2.37 bits per heavy atom. The molecule has 1 aliphatic rings. The van der Waals surface area contributed by atoms with Gasteiger partial charge in [-0.2, -0.15) is 0 Å². The highest BCUT2D eigenvalue weighted by atomic mass is 19.1. The van der Waals surface area contributed by atoms with Crippen LogP contribution < -0.4 is 15.5 Å². The van der Waals surface area contributed by atoms with Crippen LogP contribution in [0.1, 0.15) is 18.4 Å². The second-order valence-corrected chi connectivity index (χ2v) is 7.04. The van der Waals surface area contributed by atoms with E-state index < -0.39 is 11.8 Å². The number of piperidine rings is 1. The third-order valence-corrected chi connectivity index (χ3v) is 4.97. The zero-order valence-electron chi connectivity index (χ0n) is 15.2. The summed E-state index contributed by atoms with van der Waals surface area (Å²) in [4.78, 5) is 25.1. The number of para-hydroxylation sites is 1. The molecule has 1 fully saturated rings. The Bertz CT molecular complexity index is 774. The highest BCUT2D eigenvalue weighted by Crippen LogP contribution is 2.16. The largest absolute Gasteiger partial charge is 0.327 e. The summed E-state index contributed by atoms with van der Waals surface area (Å²) in [5, 5.41) is 4.64. The van der Waals surface area contributed by atoms with Gasteiger partial charge in [0.05, 0.1) is 18.8 Å². The molecule has 0 saturated carbocycles. The molecule has 2 aromatic carbocycles. The molecule has 0 aromatic heterocycles. The number of quaternary nitrogens is 1. The standard InChI is InChI=1S/C21H24FN3O2/c22-18-8-4-5-9-19(18)23-21(27)24-20(26)15-25-12-10-17(11-13-25)14-16-6-2-1-3-7-16/h1-9,17H,10-15H2,(H2,23,24,26,27)/p+1. The van der Waals surface area contributed by atoms with Gasteiger partial charge in [-0.3, -0.25) is 10.1 Å². The first-order valence-corrected chi connectivity index (χ1v) is 9.33. The molecule has 0 atom stereocenters. The quantitative estimate of drug-likeness (QED) is 0.754. The summed E-state index contributed by atoms with van der Waals surface area (Å²) in [6.45, 7) is 2.09. The van der Waals surface area contributed by atoms with E-state index >= 15 is 0 Å². The normalized spacial score (nSPS) is 19.3. The number of carbonyl (C=O) groups is 2. The first kappa shape index (κ1) is 19.0. The SMILES string of the molecule is O=C(C[NH+]1CCC(Cc2ccccc2)CC1)NC(=O)Nc1ccccc1F. The molecule has 2 aromatic rings. The van der Waals surface area contributed by atoms with E-state index in [0.717, 1.165) is 32.4 Å². The van der Waals surface area contributed by atoms with Gasteiger partial charge in [0, 0.05) is 0 Å². The van der Waals surface area contributed by atoms with Crippen LogP contribution in [-0.4, -0.2) is 31.6 Å². The van der Waals surface area contributed by atoms with E-state index in [1.54, 1.807) is 6.07 Å². The molecule has 0 spiro atoms. The van der Waals surface area contributed by atoms with Crippen LogP contribution in [0.3, 0.4) is 0 Å². The molecular weight excluding hydrogens is 345 g/mol. The number of hydrogen-bond donors (Lipinski definition) is 3. The lowest BCUT2D eigenvalue weighted by Crippen LogP contribution is -3.14. The second kappa shape index (κ2) is 9.28. The van der Waals surface area contributed by atoms with Crippen LogP contribution in [0.5, 0.6) is 0 Å². The zero-order valence-corrected chi connectivity index (χ0v) is 15.2. The summed E-state index contributed by atoms with van der Waals surface area (Å²) in [5.41, 5.74) is 1.41. The summed E-state index contributed by atoms with van der Waals surface area (Å²) in [7, 11) is 0. The van der Waals surface area contributed by atoms with Gasteiger partial charge >= 0.3 is 6.03 Å². The van der Waals surface area contributed by atoms with Gasteiger partial charge in [-0.25, -0.2) is 9.18 Å². The number of rotatable bonds is 5. The number of imide groups is 1. The van der Waals surface area contributed by atoms with Crippen molar-refractivity contribution >= 4 is 17.6 Å². The Kier molecular flexibility index (Phi) is 6.54. The third-order valence-electron chi connectivity index (χ3n) is 4.97. The Hall–Kier alpha value is -2.73. The van der Waals surface area contributed by atoms with Crippen molar-refractivity contribution in [3.63, 3.8) is 0 Å². The minimum absolute atomic E-state index is 0.0527. The van der Waals surface area contributed by atoms with Gasteiger partial charge in [0.1, 0.15) is 5.82 Å². The second-order valence-electron chi connectivity index (χ2n) is 7.04. The number of carbonyl (C=O) groups excluding carboxylic acids is 2. The Balaban J connectivity index is 1.39. The fourth-order valence-electron chi connectivity index (χ4n) is 3.53. The number of amides is 3. The van der Waals surface area contributed by atoms with Gasteiger partial charge < -0.3 is 10.2 Å². The van der Waals surface area contributed by atoms with Gasteiger partial charge in [-0.05, 0) is 42.9 Å². The van der Waals surface area contributed by atoms with Crippen LogP contribution in [-0.2, 0) is 11.2 Å². The number of urea groups is 1. The Morgan fingerprint density at radius 1 is 1.00 bits per heavy atom. The number of anilines is 1. The molecule has 0 aliphatic carbocycles. The highest BCUT2D eigenvalue weighted by Gasteiger charge is 2.24. The van der Waals surface area contributed by atoms with Gasteiger partial charge in [0.15, 0.2) is 6.54 Å². The van der Waals surface area contributed by atoms with Crippen LogP contribution >= 0.6 is 0 Å². The number of halogens is 1. The predicted molar refractivity (Wildman–Crippen MR) is 102 cm³/mol. The summed E-state index contributed by atoms with van der Waals surface area (Å²) in [6.07, 6.45) is 3.21. The molecule has 3 N–H and O–H groups in total. The third kappa shape index (κ3) is 5.89. The maximum atomic E-state index is 13.5. The minimum Gasteiger partial charge on any atom is -0.327 e. The maximum Gasteiger partial charge on any atom is 0.326 e. The molecule has 0 radical (unpaired) electrons. The van der Waals surface area contributed by atoms with Crippen molar-refractivity contribution in [2.45, 2.75) is 19.3 Å². The van der Waals surface area contributed by atoms with E-state index in [2.05, 4.69) is 34.9 Å². The maximum absolute atomic E-state index is 13.5. The first-order chi connectivity index (χ1) is 13.1. The van der Waals surface area contributed by atoms with Crippen LogP contribution in [0.4, 0.5) is 14.9 Å². The van der Waals surface area contributed by atoms with Crippen molar-refractivity contribution in [1.82, 2.24) is 5.32 Å². The highest BCUT2D eigenvalue weighted by molar-refractivity contribution is 6.01. The van der Waals surface area contributed by atoms with E-state index in [1.807, 2.05) is 6.07 Å². The summed E-state index contributed by atoms with van der Waals surface area (Å²) < 4.78 is 13.5. The fraction of sp³-hybridized carbons (Fsp3) is 0.333. The molecule has 3 rings (SSSR count). The van der Waals surface area contributed by atoms with Crippen molar-refractivity contribution in [1.29, 1.82) is 0 Å². The van der Waals surface area contributed by atoms with E-state index in [4.69, 9.17) is 0 Å². The molecule has 0 bridgehead atoms. The van der Waals surface area contributed by atoms with Crippen molar-refractivity contribution in [2.24, 2.45) is 5.92 Å². The molecule has 1 saturated heterocycles. The number of benzene rings is 2. The summed E-state index contributed by atoms with van der Waals surface area (Å²) in [5.74, 6) is -0.241. The van der Waals surface area contributed by atoms with E-state index in [1.165, 1.54) is 28.7 Å². The van der Waals surface area contributed by atoms with Crippen molar-refractivity contribution in [3.8, 4) is 0 Å². The van der Waals surface area contributed by atoms with Gasteiger partial charge in [-0.1, -0.05) is 42.5 Å². The molecule has 3 amide bonds. The predicted octanol–water partition coefficient (Wildman–Crippen LogP) is 2.01. The number of nitrogens with one attached hydrogen (secondary N) is 3. The molecule has 1 aliphatic heterocycles. The molecular formula is C21H25FN3O2+.